The molecule has 0 radical (unpaired) electrons. The molecule has 0 bridgehead atoms. The number of carbonyl (C=O) groups is 1. The third-order valence-corrected chi connectivity index (χ3v) is 5.34. The molecule has 2 aromatic heterocycles. The molecule has 1 aliphatic heterocycles. The molecular weight excluding hydrogens is 356 g/mol. The molecule has 2 aromatic rings. The highest BCUT2D eigenvalue weighted by atomic mass is 16.1. The van der Waals surface area contributed by atoms with E-state index in [2.05, 4.69) is 52.4 Å². The van der Waals surface area contributed by atoms with E-state index in [-0.39, 0.29) is 11.1 Å². The minimum absolute atomic E-state index is 0.0694. The molecule has 1 amide bonds. The Morgan fingerprint density at radius 3 is 2.64 bits per heavy atom. The van der Waals surface area contributed by atoms with Crippen molar-refractivity contribution >= 4 is 17.5 Å². The second kappa shape index (κ2) is 7.56. The van der Waals surface area contributed by atoms with Crippen LogP contribution in [-0.4, -0.2) is 49.4 Å². The predicted molar refractivity (Wildman–Crippen MR) is 105 cm³/mol. The van der Waals surface area contributed by atoms with Gasteiger partial charge in [0.25, 0.3) is 5.91 Å². The molecule has 0 aromatic carbocycles. The maximum absolute atomic E-state index is 12.0. The fraction of sp³-hybridized carbons (Fsp3) is 0.526. The number of primary amides is 1. The summed E-state index contributed by atoms with van der Waals surface area (Å²) in [6, 6.07) is 5.76. The van der Waals surface area contributed by atoms with Crippen LogP contribution in [0.5, 0.6) is 0 Å². The van der Waals surface area contributed by atoms with Gasteiger partial charge in [0, 0.05) is 31.0 Å². The van der Waals surface area contributed by atoms with Crippen LogP contribution in [0.4, 0.5) is 11.6 Å². The van der Waals surface area contributed by atoms with E-state index in [0.717, 1.165) is 25.9 Å². The number of nitrogens with one attached hydrogen (secondary N) is 1. The van der Waals surface area contributed by atoms with E-state index in [0.29, 0.717) is 18.1 Å². The number of hydrogen-bond donors (Lipinski definition) is 2. The number of likely N-dealkylation sites (tertiary alicyclic amines) is 1. The van der Waals surface area contributed by atoms with Gasteiger partial charge in [0.15, 0.2) is 11.6 Å². The first-order valence-corrected chi connectivity index (χ1v) is 9.32. The Labute approximate surface area is 164 Å². The summed E-state index contributed by atoms with van der Waals surface area (Å²) in [5.41, 5.74) is 5.43. The van der Waals surface area contributed by atoms with Gasteiger partial charge >= 0.3 is 0 Å². The summed E-state index contributed by atoms with van der Waals surface area (Å²) in [6.07, 6.45) is 5.05. The predicted octanol–water partition coefficient (Wildman–Crippen LogP) is 2.02. The van der Waals surface area contributed by atoms with Gasteiger partial charge in [0.2, 0.25) is 0 Å². The molecule has 0 aliphatic carbocycles. The molecule has 148 valence electrons. The number of rotatable bonds is 5. The van der Waals surface area contributed by atoms with Crippen molar-refractivity contribution in [2.75, 3.05) is 18.4 Å². The van der Waals surface area contributed by atoms with Crippen molar-refractivity contribution in [2.45, 2.75) is 51.1 Å². The topological polar surface area (TPSA) is 126 Å². The average molecular weight is 382 g/mol. The number of aromatic nitrogens is 4. The summed E-state index contributed by atoms with van der Waals surface area (Å²) in [6.45, 7) is 8.26. The Hall–Kier alpha value is -2.99. The Balaban J connectivity index is 1.93. The second-order valence-corrected chi connectivity index (χ2v) is 8.15. The molecule has 3 N–H and O–H groups in total. The van der Waals surface area contributed by atoms with E-state index in [1.807, 2.05) is 0 Å². The van der Waals surface area contributed by atoms with Gasteiger partial charge in [-0.25, -0.2) is 0 Å². The third-order valence-electron chi connectivity index (χ3n) is 5.34. The first-order chi connectivity index (χ1) is 13.2. The summed E-state index contributed by atoms with van der Waals surface area (Å²) in [5.74, 6) is 0.201. The summed E-state index contributed by atoms with van der Waals surface area (Å²) in [4.78, 5) is 14.4. The monoisotopic (exact) mass is 382 g/mol. The number of amides is 1. The molecule has 1 fully saturated rings. The van der Waals surface area contributed by atoms with E-state index in [1.165, 1.54) is 0 Å². The minimum Gasteiger partial charge on any atom is -0.365 e. The van der Waals surface area contributed by atoms with Crippen LogP contribution < -0.4 is 11.1 Å². The SMILES string of the molecule is CC(C)(C)N1CCC(CC#N)(n2cc(C(N)=O)c(Nc3cccnn3)n2)CC1. The van der Waals surface area contributed by atoms with E-state index in [9.17, 15) is 10.1 Å². The van der Waals surface area contributed by atoms with Crippen LogP contribution in [0.2, 0.25) is 0 Å². The highest BCUT2D eigenvalue weighted by Crippen LogP contribution is 2.36. The molecule has 28 heavy (non-hydrogen) atoms. The number of nitrogens with two attached hydrogens (primary N) is 1. The Kier molecular flexibility index (Phi) is 5.34. The highest BCUT2D eigenvalue weighted by Gasteiger charge is 2.40. The number of anilines is 2. The lowest BCUT2D eigenvalue weighted by Crippen LogP contribution is -2.52. The fourth-order valence-corrected chi connectivity index (χ4v) is 3.61. The van der Waals surface area contributed by atoms with Crippen LogP contribution >= 0.6 is 0 Å². The number of carbonyl (C=O) groups excluding carboxylic acids is 1. The summed E-state index contributed by atoms with van der Waals surface area (Å²) < 4.78 is 1.75. The molecule has 0 atom stereocenters. The molecule has 1 saturated heterocycles. The van der Waals surface area contributed by atoms with E-state index < -0.39 is 11.4 Å². The quantitative estimate of drug-likeness (QED) is 0.810. The van der Waals surface area contributed by atoms with Crippen LogP contribution in [0.25, 0.3) is 0 Å². The van der Waals surface area contributed by atoms with E-state index >= 15 is 0 Å². The van der Waals surface area contributed by atoms with Crippen LogP contribution in [0.1, 0.15) is 50.4 Å². The second-order valence-electron chi connectivity index (χ2n) is 8.15. The van der Waals surface area contributed by atoms with Gasteiger partial charge in [0.05, 0.1) is 18.0 Å². The molecule has 0 saturated carbocycles. The van der Waals surface area contributed by atoms with E-state index in [4.69, 9.17) is 5.73 Å². The van der Waals surface area contributed by atoms with Crippen LogP contribution in [0.15, 0.2) is 24.5 Å². The van der Waals surface area contributed by atoms with Crippen molar-refractivity contribution in [2.24, 2.45) is 5.73 Å². The zero-order valence-corrected chi connectivity index (χ0v) is 16.5. The lowest BCUT2D eigenvalue weighted by molar-refractivity contribution is 0.0438. The Morgan fingerprint density at radius 1 is 1.39 bits per heavy atom. The van der Waals surface area contributed by atoms with Crippen molar-refractivity contribution in [3.8, 4) is 6.07 Å². The van der Waals surface area contributed by atoms with Crippen LogP contribution in [-0.2, 0) is 5.54 Å². The number of nitriles is 1. The molecule has 1 aliphatic rings. The molecular formula is C19H26N8O. The van der Waals surface area contributed by atoms with Crippen molar-refractivity contribution in [3.05, 3.63) is 30.1 Å². The standard InChI is InChI=1S/C19H26N8O/c1-18(2,3)26-11-7-19(6-9-20,8-12-26)27-13-14(16(21)28)17(25-27)23-15-5-4-10-22-24-15/h4-5,10,13H,6-8,11-12H2,1-3H3,(H2,21,28)(H,23,24,25). The zero-order chi connectivity index (χ0) is 20.4. The summed E-state index contributed by atoms with van der Waals surface area (Å²) >= 11 is 0. The first kappa shape index (κ1) is 19.8. The molecule has 0 spiro atoms. The maximum atomic E-state index is 12.0. The van der Waals surface area contributed by atoms with Crippen molar-refractivity contribution < 1.29 is 4.79 Å². The average Bonchev–Trinajstić information content (AvgIpc) is 3.07. The van der Waals surface area contributed by atoms with Gasteiger partial charge < -0.3 is 11.1 Å². The van der Waals surface area contributed by atoms with Gasteiger partial charge in [-0.2, -0.15) is 15.5 Å². The largest absolute Gasteiger partial charge is 0.365 e. The van der Waals surface area contributed by atoms with Gasteiger partial charge in [0.1, 0.15) is 5.56 Å². The van der Waals surface area contributed by atoms with Crippen molar-refractivity contribution in [1.29, 1.82) is 5.26 Å². The van der Waals surface area contributed by atoms with Gasteiger partial charge in [-0.3, -0.25) is 14.4 Å². The third kappa shape index (κ3) is 3.97. The van der Waals surface area contributed by atoms with Crippen LogP contribution in [0.3, 0.4) is 0 Å². The molecule has 3 rings (SSSR count). The van der Waals surface area contributed by atoms with Gasteiger partial charge in [-0.15, -0.1) is 5.10 Å². The summed E-state index contributed by atoms with van der Waals surface area (Å²) in [7, 11) is 0. The first-order valence-electron chi connectivity index (χ1n) is 9.32. The molecule has 9 nitrogen and oxygen atoms in total. The molecule has 9 heteroatoms. The molecule has 0 unspecified atom stereocenters. The lowest BCUT2D eigenvalue weighted by Gasteiger charge is -2.45. The Bertz CT molecular complexity index is 870. The number of hydrogen-bond acceptors (Lipinski definition) is 7. The number of piperidine rings is 1. The van der Waals surface area contributed by atoms with Crippen LogP contribution in [0, 0.1) is 11.3 Å². The van der Waals surface area contributed by atoms with Crippen molar-refractivity contribution in [1.82, 2.24) is 24.9 Å². The lowest BCUT2D eigenvalue weighted by atomic mass is 9.83. The van der Waals surface area contributed by atoms with Gasteiger partial charge in [-0.05, 0) is 45.7 Å². The van der Waals surface area contributed by atoms with E-state index in [1.54, 1.807) is 29.2 Å². The smallest absolute Gasteiger partial charge is 0.254 e. The maximum Gasteiger partial charge on any atom is 0.254 e. The highest BCUT2D eigenvalue weighted by molar-refractivity contribution is 5.98. The number of nitrogens with zero attached hydrogens (tertiary/aromatic N) is 6. The minimum atomic E-state index is -0.586. The Morgan fingerprint density at radius 2 is 2.11 bits per heavy atom. The molecule has 3 heterocycles. The fourth-order valence-electron chi connectivity index (χ4n) is 3.61. The van der Waals surface area contributed by atoms with Gasteiger partial charge in [-0.1, -0.05) is 0 Å². The zero-order valence-electron chi connectivity index (χ0n) is 16.5. The van der Waals surface area contributed by atoms with Crippen molar-refractivity contribution in [3.63, 3.8) is 0 Å². The normalized spacial score (nSPS) is 17.1. The summed E-state index contributed by atoms with van der Waals surface area (Å²) in [5, 5.41) is 24.8.